The lowest BCUT2D eigenvalue weighted by Crippen LogP contribution is -2.28. The Kier molecular flexibility index (Phi) is 4.87. The van der Waals surface area contributed by atoms with E-state index in [-0.39, 0.29) is 16.1 Å². The summed E-state index contributed by atoms with van der Waals surface area (Å²) in [7, 11) is -6.37. The van der Waals surface area contributed by atoms with E-state index in [1.54, 1.807) is 0 Å². The van der Waals surface area contributed by atoms with Gasteiger partial charge in [-0.25, -0.2) is 16.8 Å². The third-order valence-electron chi connectivity index (χ3n) is 3.63. The number of sulfone groups is 1. The maximum atomic E-state index is 12.9. The molecule has 0 bridgehead atoms. The first-order valence-corrected chi connectivity index (χ1v) is 10.3. The molecule has 134 valence electrons. The summed E-state index contributed by atoms with van der Waals surface area (Å²) in [5, 5.41) is 11.2. The van der Waals surface area contributed by atoms with Gasteiger partial charge in [0.1, 0.15) is 0 Å². The zero-order chi connectivity index (χ0) is 19.0. The minimum atomic E-state index is -4.20. The summed E-state index contributed by atoms with van der Waals surface area (Å²) in [5.41, 5.74) is -0.0848. The van der Waals surface area contributed by atoms with Crippen molar-refractivity contribution >= 4 is 31.2 Å². The van der Waals surface area contributed by atoms with Crippen LogP contribution in [0.5, 0.6) is 0 Å². The second-order valence-electron chi connectivity index (χ2n) is 5.42. The van der Waals surface area contributed by atoms with Crippen molar-refractivity contribution in [2.75, 3.05) is 17.6 Å². The van der Waals surface area contributed by atoms with Gasteiger partial charge in [-0.1, -0.05) is 12.1 Å². The zero-order valence-electron chi connectivity index (χ0n) is 13.7. The number of nitro benzene ring substituents is 1. The SMILES string of the molecule is Cc1cccc([N+](=O)[O-])c1S(=O)(=O)N(C)c1ccc(S(C)(=O)=O)cc1. The zero-order valence-corrected chi connectivity index (χ0v) is 15.3. The maximum Gasteiger partial charge on any atom is 0.290 e. The van der Waals surface area contributed by atoms with Crippen LogP contribution in [0.4, 0.5) is 11.4 Å². The van der Waals surface area contributed by atoms with Crippen LogP contribution in [0.3, 0.4) is 0 Å². The van der Waals surface area contributed by atoms with E-state index in [4.69, 9.17) is 0 Å². The second kappa shape index (κ2) is 6.45. The molecule has 0 saturated heterocycles. The average molecular weight is 384 g/mol. The van der Waals surface area contributed by atoms with Crippen LogP contribution in [-0.4, -0.2) is 35.1 Å². The van der Waals surface area contributed by atoms with Gasteiger partial charge in [-0.3, -0.25) is 14.4 Å². The molecule has 0 aliphatic carbocycles. The molecule has 10 heteroatoms. The summed E-state index contributed by atoms with van der Waals surface area (Å²) in [6.45, 7) is 1.47. The summed E-state index contributed by atoms with van der Waals surface area (Å²) in [6.07, 6.45) is 1.04. The van der Waals surface area contributed by atoms with Crippen molar-refractivity contribution in [3.05, 3.63) is 58.1 Å². The molecule has 25 heavy (non-hydrogen) atoms. The van der Waals surface area contributed by atoms with E-state index in [2.05, 4.69) is 0 Å². The van der Waals surface area contributed by atoms with Crippen LogP contribution in [0.15, 0.2) is 52.3 Å². The van der Waals surface area contributed by atoms with Gasteiger partial charge >= 0.3 is 0 Å². The lowest BCUT2D eigenvalue weighted by atomic mass is 10.2. The van der Waals surface area contributed by atoms with E-state index < -0.39 is 35.4 Å². The molecular weight excluding hydrogens is 368 g/mol. The molecule has 0 radical (unpaired) electrons. The third-order valence-corrected chi connectivity index (χ3v) is 6.74. The number of nitrogens with zero attached hydrogens (tertiary/aromatic N) is 2. The topological polar surface area (TPSA) is 115 Å². The first-order valence-electron chi connectivity index (χ1n) is 6.99. The molecule has 0 unspecified atom stereocenters. The monoisotopic (exact) mass is 384 g/mol. The number of aryl methyl sites for hydroxylation is 1. The van der Waals surface area contributed by atoms with Crippen molar-refractivity contribution in [1.82, 2.24) is 0 Å². The first-order chi connectivity index (χ1) is 11.5. The fourth-order valence-electron chi connectivity index (χ4n) is 2.30. The number of nitro groups is 1. The molecule has 0 spiro atoms. The third kappa shape index (κ3) is 3.64. The van der Waals surface area contributed by atoms with Crippen molar-refractivity contribution in [3.63, 3.8) is 0 Å². The molecule has 2 rings (SSSR count). The second-order valence-corrected chi connectivity index (χ2v) is 9.34. The number of hydrogen-bond acceptors (Lipinski definition) is 6. The van der Waals surface area contributed by atoms with Gasteiger partial charge in [0.15, 0.2) is 14.7 Å². The van der Waals surface area contributed by atoms with Crippen LogP contribution < -0.4 is 4.31 Å². The predicted octanol–water partition coefficient (Wildman–Crippen LogP) is 2.13. The number of rotatable bonds is 5. The van der Waals surface area contributed by atoms with Gasteiger partial charge < -0.3 is 0 Å². The summed E-state index contributed by atoms with van der Waals surface area (Å²) < 4.78 is 49.6. The fraction of sp³-hybridized carbons (Fsp3) is 0.200. The van der Waals surface area contributed by atoms with Crippen molar-refractivity contribution < 1.29 is 21.8 Å². The molecule has 0 aliphatic rings. The van der Waals surface area contributed by atoms with Crippen molar-refractivity contribution in [1.29, 1.82) is 0 Å². The average Bonchev–Trinajstić information content (AvgIpc) is 2.52. The summed E-state index contributed by atoms with van der Waals surface area (Å²) in [4.78, 5) is 10.1. The Hall–Kier alpha value is -2.46. The lowest BCUT2D eigenvalue weighted by Gasteiger charge is -2.20. The van der Waals surface area contributed by atoms with Crippen LogP contribution in [0.2, 0.25) is 0 Å². The highest BCUT2D eigenvalue weighted by Crippen LogP contribution is 2.31. The standard InChI is InChI=1S/C15H16N2O6S2/c1-11-5-4-6-14(17(18)19)15(11)25(22,23)16(2)12-7-9-13(10-8-12)24(3,20)21/h4-10H,1-3H3. The normalized spacial score (nSPS) is 12.0. The number of sulfonamides is 1. The minimum Gasteiger partial charge on any atom is -0.269 e. The Bertz CT molecular complexity index is 1030. The molecule has 2 aromatic carbocycles. The molecule has 8 nitrogen and oxygen atoms in total. The Balaban J connectivity index is 2.56. The highest BCUT2D eigenvalue weighted by molar-refractivity contribution is 7.93. The Morgan fingerprint density at radius 1 is 1.00 bits per heavy atom. The predicted molar refractivity (Wildman–Crippen MR) is 93.0 cm³/mol. The quantitative estimate of drug-likeness (QED) is 0.576. The van der Waals surface area contributed by atoms with Gasteiger partial charge in [-0.15, -0.1) is 0 Å². The minimum absolute atomic E-state index is 0.0453. The molecule has 0 atom stereocenters. The Morgan fingerprint density at radius 3 is 2.04 bits per heavy atom. The van der Waals surface area contributed by atoms with Crippen LogP contribution in [0, 0.1) is 17.0 Å². The van der Waals surface area contributed by atoms with Gasteiger partial charge in [0.25, 0.3) is 15.7 Å². The fourth-order valence-corrected chi connectivity index (χ4v) is 4.48. The molecule has 0 aliphatic heterocycles. The molecule has 0 aromatic heterocycles. The molecule has 0 amide bonds. The largest absolute Gasteiger partial charge is 0.290 e. The van der Waals surface area contributed by atoms with E-state index in [9.17, 15) is 26.9 Å². The lowest BCUT2D eigenvalue weighted by molar-refractivity contribution is -0.387. The van der Waals surface area contributed by atoms with Gasteiger partial charge in [0.2, 0.25) is 0 Å². The van der Waals surface area contributed by atoms with Crippen LogP contribution in [-0.2, 0) is 19.9 Å². The van der Waals surface area contributed by atoms with Gasteiger partial charge in [-0.05, 0) is 36.8 Å². The van der Waals surface area contributed by atoms with E-state index >= 15 is 0 Å². The van der Waals surface area contributed by atoms with E-state index in [0.29, 0.717) is 0 Å². The van der Waals surface area contributed by atoms with Crippen molar-refractivity contribution in [2.45, 2.75) is 16.7 Å². The smallest absolute Gasteiger partial charge is 0.269 e. The van der Waals surface area contributed by atoms with E-state index in [1.807, 2.05) is 0 Å². The van der Waals surface area contributed by atoms with Crippen LogP contribution in [0.25, 0.3) is 0 Å². The number of benzene rings is 2. The molecule has 0 saturated carbocycles. The van der Waals surface area contributed by atoms with Crippen molar-refractivity contribution in [2.24, 2.45) is 0 Å². The highest BCUT2D eigenvalue weighted by atomic mass is 32.2. The number of hydrogen-bond donors (Lipinski definition) is 0. The summed E-state index contributed by atoms with van der Waals surface area (Å²) in [6, 6.07) is 9.23. The van der Waals surface area contributed by atoms with Crippen molar-refractivity contribution in [3.8, 4) is 0 Å². The molecule has 2 aromatic rings. The summed E-state index contributed by atoms with van der Waals surface area (Å²) in [5.74, 6) is 0. The van der Waals surface area contributed by atoms with E-state index in [1.165, 1.54) is 50.4 Å². The van der Waals surface area contributed by atoms with Gasteiger partial charge in [0.05, 0.1) is 15.5 Å². The maximum absolute atomic E-state index is 12.9. The van der Waals surface area contributed by atoms with Gasteiger partial charge in [-0.2, -0.15) is 0 Å². The van der Waals surface area contributed by atoms with Crippen LogP contribution in [0.1, 0.15) is 5.56 Å². The van der Waals surface area contributed by atoms with Crippen LogP contribution >= 0.6 is 0 Å². The highest BCUT2D eigenvalue weighted by Gasteiger charge is 2.31. The Morgan fingerprint density at radius 2 is 1.56 bits per heavy atom. The number of anilines is 1. The summed E-state index contributed by atoms with van der Waals surface area (Å²) >= 11 is 0. The molecular formula is C15H16N2O6S2. The van der Waals surface area contributed by atoms with E-state index in [0.717, 1.165) is 16.6 Å². The first kappa shape index (κ1) is 18.9. The van der Waals surface area contributed by atoms with Gasteiger partial charge in [0, 0.05) is 19.4 Å². The molecule has 0 fully saturated rings. The molecule has 0 heterocycles. The Labute approximate surface area is 145 Å². The molecule has 0 N–H and O–H groups in total.